The van der Waals surface area contributed by atoms with Gasteiger partial charge < -0.3 is 10.1 Å². The molecule has 1 heterocycles. The van der Waals surface area contributed by atoms with Gasteiger partial charge in [-0.3, -0.25) is 0 Å². The van der Waals surface area contributed by atoms with Gasteiger partial charge in [-0.2, -0.15) is 0 Å². The van der Waals surface area contributed by atoms with Gasteiger partial charge in [0.1, 0.15) is 5.75 Å². The third-order valence-electron chi connectivity index (χ3n) is 3.60. The van der Waals surface area contributed by atoms with E-state index in [0.29, 0.717) is 11.9 Å². The van der Waals surface area contributed by atoms with Crippen LogP contribution in [0.5, 0.6) is 11.6 Å². The molecule has 1 saturated carbocycles. The van der Waals surface area contributed by atoms with Crippen LogP contribution in [0, 0.1) is 13.8 Å². The smallest absolute Gasteiger partial charge is 0.219 e. The number of pyridine rings is 1. The van der Waals surface area contributed by atoms with Gasteiger partial charge in [0.05, 0.1) is 0 Å². The van der Waals surface area contributed by atoms with Crippen molar-refractivity contribution in [1.29, 1.82) is 0 Å². The van der Waals surface area contributed by atoms with Crippen LogP contribution in [-0.4, -0.2) is 11.0 Å². The monoisotopic (exact) mass is 302 g/mol. The Bertz CT molecular complexity index is 613. The highest BCUT2D eigenvalue weighted by atomic mass is 35.5. The Morgan fingerprint density at radius 2 is 1.95 bits per heavy atom. The molecular weight excluding hydrogens is 284 g/mol. The SMILES string of the molecule is Cc1cc(Cl)cc(C)c1Oc1ccc(CNC2CC2)cn1. The summed E-state index contributed by atoms with van der Waals surface area (Å²) in [6, 6.07) is 8.48. The van der Waals surface area contributed by atoms with Crippen molar-refractivity contribution in [2.45, 2.75) is 39.3 Å². The summed E-state index contributed by atoms with van der Waals surface area (Å²) in [6.07, 6.45) is 4.46. The summed E-state index contributed by atoms with van der Waals surface area (Å²) >= 11 is 6.03. The van der Waals surface area contributed by atoms with Gasteiger partial charge in [0, 0.05) is 29.9 Å². The van der Waals surface area contributed by atoms with Crippen molar-refractivity contribution in [3.63, 3.8) is 0 Å². The van der Waals surface area contributed by atoms with Crippen molar-refractivity contribution in [1.82, 2.24) is 10.3 Å². The minimum atomic E-state index is 0.610. The lowest BCUT2D eigenvalue weighted by Gasteiger charge is -2.12. The zero-order chi connectivity index (χ0) is 14.8. The van der Waals surface area contributed by atoms with Crippen LogP contribution in [0.2, 0.25) is 5.02 Å². The molecule has 1 fully saturated rings. The number of aryl methyl sites for hydroxylation is 2. The summed E-state index contributed by atoms with van der Waals surface area (Å²) in [6.45, 7) is 4.85. The Labute approximate surface area is 130 Å². The predicted molar refractivity (Wildman–Crippen MR) is 85.1 cm³/mol. The van der Waals surface area contributed by atoms with Gasteiger partial charge >= 0.3 is 0 Å². The molecule has 0 radical (unpaired) electrons. The van der Waals surface area contributed by atoms with Crippen molar-refractivity contribution >= 4 is 11.6 Å². The maximum absolute atomic E-state index is 6.03. The molecule has 0 aliphatic heterocycles. The predicted octanol–water partition coefficient (Wildman–Crippen LogP) is 4.40. The van der Waals surface area contributed by atoms with Crippen molar-refractivity contribution < 1.29 is 4.74 Å². The molecule has 1 aromatic heterocycles. The maximum Gasteiger partial charge on any atom is 0.219 e. The van der Waals surface area contributed by atoms with E-state index in [1.165, 1.54) is 18.4 Å². The maximum atomic E-state index is 6.03. The first-order valence-corrected chi connectivity index (χ1v) is 7.62. The Balaban J connectivity index is 1.69. The van der Waals surface area contributed by atoms with Crippen molar-refractivity contribution in [2.75, 3.05) is 0 Å². The van der Waals surface area contributed by atoms with E-state index in [-0.39, 0.29) is 0 Å². The van der Waals surface area contributed by atoms with E-state index in [1.807, 2.05) is 38.2 Å². The highest BCUT2D eigenvalue weighted by Gasteiger charge is 2.19. The van der Waals surface area contributed by atoms with Crippen molar-refractivity contribution in [2.24, 2.45) is 0 Å². The van der Waals surface area contributed by atoms with Crippen LogP contribution >= 0.6 is 11.6 Å². The van der Waals surface area contributed by atoms with E-state index in [0.717, 1.165) is 28.4 Å². The fraction of sp³-hybridized carbons (Fsp3) is 0.353. The summed E-state index contributed by atoms with van der Waals surface area (Å²) in [4.78, 5) is 4.38. The lowest BCUT2D eigenvalue weighted by Crippen LogP contribution is -2.15. The molecule has 0 bridgehead atoms. The molecule has 1 aliphatic carbocycles. The van der Waals surface area contributed by atoms with Crippen LogP contribution in [0.25, 0.3) is 0 Å². The molecule has 1 aliphatic rings. The van der Waals surface area contributed by atoms with Gasteiger partial charge in [-0.05, 0) is 55.5 Å². The van der Waals surface area contributed by atoms with Crippen LogP contribution < -0.4 is 10.1 Å². The number of aromatic nitrogens is 1. The van der Waals surface area contributed by atoms with Gasteiger partial charge in [0.2, 0.25) is 5.88 Å². The molecule has 0 spiro atoms. The number of hydrogen-bond acceptors (Lipinski definition) is 3. The van der Waals surface area contributed by atoms with E-state index in [2.05, 4.69) is 16.4 Å². The lowest BCUT2D eigenvalue weighted by atomic mass is 10.1. The third-order valence-corrected chi connectivity index (χ3v) is 3.82. The van der Waals surface area contributed by atoms with Gasteiger partial charge in [0.25, 0.3) is 0 Å². The topological polar surface area (TPSA) is 34.1 Å². The van der Waals surface area contributed by atoms with Crippen LogP contribution in [0.3, 0.4) is 0 Å². The Morgan fingerprint density at radius 1 is 1.24 bits per heavy atom. The number of nitrogens with zero attached hydrogens (tertiary/aromatic N) is 1. The normalized spacial score (nSPS) is 14.2. The first-order valence-electron chi connectivity index (χ1n) is 7.25. The lowest BCUT2D eigenvalue weighted by molar-refractivity contribution is 0.455. The second kappa shape index (κ2) is 6.04. The number of rotatable bonds is 5. The van der Waals surface area contributed by atoms with E-state index < -0.39 is 0 Å². The number of benzene rings is 1. The molecule has 21 heavy (non-hydrogen) atoms. The quantitative estimate of drug-likeness (QED) is 0.889. The molecule has 4 heteroatoms. The summed E-state index contributed by atoms with van der Waals surface area (Å²) in [5, 5.41) is 4.20. The summed E-state index contributed by atoms with van der Waals surface area (Å²) in [5.41, 5.74) is 3.21. The summed E-state index contributed by atoms with van der Waals surface area (Å²) in [7, 11) is 0. The second-order valence-electron chi connectivity index (χ2n) is 5.63. The minimum Gasteiger partial charge on any atom is -0.438 e. The molecule has 1 aromatic carbocycles. The van der Waals surface area contributed by atoms with Gasteiger partial charge in [-0.15, -0.1) is 0 Å². The largest absolute Gasteiger partial charge is 0.438 e. The van der Waals surface area contributed by atoms with E-state index in [1.54, 1.807) is 0 Å². The average molecular weight is 303 g/mol. The molecule has 2 aromatic rings. The Hall–Kier alpha value is -1.58. The number of halogens is 1. The van der Waals surface area contributed by atoms with Crippen molar-refractivity contribution in [3.8, 4) is 11.6 Å². The molecule has 0 saturated heterocycles. The second-order valence-corrected chi connectivity index (χ2v) is 6.07. The molecular formula is C17H19ClN2O. The molecule has 1 N–H and O–H groups in total. The van der Waals surface area contributed by atoms with Crippen LogP contribution in [-0.2, 0) is 6.54 Å². The fourth-order valence-corrected chi connectivity index (χ4v) is 2.62. The van der Waals surface area contributed by atoms with Crippen LogP contribution in [0.1, 0.15) is 29.5 Å². The highest BCUT2D eigenvalue weighted by molar-refractivity contribution is 6.30. The van der Waals surface area contributed by atoms with Gasteiger partial charge in [-0.25, -0.2) is 4.98 Å². The Morgan fingerprint density at radius 3 is 2.52 bits per heavy atom. The molecule has 0 atom stereocenters. The average Bonchev–Trinajstić information content (AvgIpc) is 3.26. The minimum absolute atomic E-state index is 0.610. The molecule has 110 valence electrons. The molecule has 3 rings (SSSR count). The van der Waals surface area contributed by atoms with Crippen molar-refractivity contribution in [3.05, 3.63) is 52.2 Å². The van der Waals surface area contributed by atoms with E-state index >= 15 is 0 Å². The third kappa shape index (κ3) is 3.74. The van der Waals surface area contributed by atoms with Gasteiger partial charge in [0.15, 0.2) is 0 Å². The summed E-state index contributed by atoms with van der Waals surface area (Å²) in [5.74, 6) is 1.44. The van der Waals surface area contributed by atoms with Crippen LogP contribution in [0.4, 0.5) is 0 Å². The molecule has 3 nitrogen and oxygen atoms in total. The number of hydrogen-bond donors (Lipinski definition) is 1. The molecule has 0 amide bonds. The van der Waals surface area contributed by atoms with E-state index in [9.17, 15) is 0 Å². The van der Waals surface area contributed by atoms with Crippen LogP contribution in [0.15, 0.2) is 30.5 Å². The van der Waals surface area contributed by atoms with Gasteiger partial charge in [-0.1, -0.05) is 17.7 Å². The fourth-order valence-electron chi connectivity index (χ4n) is 2.29. The highest BCUT2D eigenvalue weighted by Crippen LogP contribution is 2.30. The Kier molecular flexibility index (Phi) is 4.13. The zero-order valence-electron chi connectivity index (χ0n) is 12.3. The molecule has 0 unspecified atom stereocenters. The first-order chi connectivity index (χ1) is 10.1. The number of nitrogens with one attached hydrogen (secondary N) is 1. The first kappa shape index (κ1) is 14.4. The van der Waals surface area contributed by atoms with E-state index in [4.69, 9.17) is 16.3 Å². The number of ether oxygens (including phenoxy) is 1. The standard InChI is InChI=1S/C17H19ClN2O/c1-11-7-14(18)8-12(2)17(11)21-16-6-3-13(10-20-16)9-19-15-4-5-15/h3,6-8,10,15,19H,4-5,9H2,1-2H3. The zero-order valence-corrected chi connectivity index (χ0v) is 13.1. The summed E-state index contributed by atoms with van der Waals surface area (Å²) < 4.78 is 5.90.